The van der Waals surface area contributed by atoms with Crippen LogP contribution in [0.3, 0.4) is 0 Å². The highest BCUT2D eigenvalue weighted by atomic mass is 16.6. The van der Waals surface area contributed by atoms with Crippen LogP contribution in [0, 0.1) is 0 Å². The third-order valence-electron chi connectivity index (χ3n) is 3.25. The average molecular weight is 258 g/mol. The summed E-state index contributed by atoms with van der Waals surface area (Å²) in [6, 6.07) is 0.320. The summed E-state index contributed by atoms with van der Waals surface area (Å²) in [4.78, 5) is 15.6. The summed E-state index contributed by atoms with van der Waals surface area (Å²) in [6.07, 6.45) is -0.855. The molecule has 0 saturated carbocycles. The van der Waals surface area contributed by atoms with Crippen LogP contribution in [-0.4, -0.2) is 64.9 Å². The number of β-amino-alcohol motifs (C(OH)–C–C–N with tert-alkyl or cyclic N) is 1. The lowest BCUT2D eigenvalue weighted by Crippen LogP contribution is -2.44. The van der Waals surface area contributed by atoms with Gasteiger partial charge >= 0.3 is 6.09 Å². The Kier molecular flexibility index (Phi) is 4.61. The van der Waals surface area contributed by atoms with E-state index >= 15 is 0 Å². The van der Waals surface area contributed by atoms with Gasteiger partial charge in [-0.2, -0.15) is 0 Å². The lowest BCUT2D eigenvalue weighted by atomic mass is 10.1. The zero-order chi connectivity index (χ0) is 14.1. The van der Waals surface area contributed by atoms with Crippen LogP contribution in [0.5, 0.6) is 0 Å². The molecule has 1 aliphatic rings. The van der Waals surface area contributed by atoms with Crippen molar-refractivity contribution in [1.29, 1.82) is 0 Å². The number of hydrogen-bond acceptors (Lipinski definition) is 4. The fraction of sp³-hybridized carbons (Fsp3) is 0.923. The molecule has 1 rings (SSSR count). The summed E-state index contributed by atoms with van der Waals surface area (Å²) >= 11 is 0. The van der Waals surface area contributed by atoms with Gasteiger partial charge in [0.05, 0.1) is 18.7 Å². The number of hydrogen-bond donors (Lipinski definition) is 1. The van der Waals surface area contributed by atoms with E-state index in [0.717, 1.165) is 0 Å². The highest BCUT2D eigenvalue weighted by Crippen LogP contribution is 2.19. The number of amides is 1. The van der Waals surface area contributed by atoms with E-state index in [1.165, 1.54) is 0 Å². The number of nitrogens with zero attached hydrogens (tertiary/aromatic N) is 2. The molecule has 0 aromatic heterocycles. The van der Waals surface area contributed by atoms with Crippen molar-refractivity contribution in [1.82, 2.24) is 9.80 Å². The van der Waals surface area contributed by atoms with Crippen LogP contribution < -0.4 is 0 Å². The van der Waals surface area contributed by atoms with Crippen LogP contribution in [-0.2, 0) is 4.74 Å². The Bertz CT molecular complexity index is 299. The second-order valence-electron chi connectivity index (χ2n) is 6.28. The van der Waals surface area contributed by atoms with Gasteiger partial charge in [0.25, 0.3) is 0 Å². The number of ether oxygens (including phenoxy) is 1. The minimum atomic E-state index is -0.509. The number of rotatable bonds is 2. The molecule has 18 heavy (non-hydrogen) atoms. The highest BCUT2D eigenvalue weighted by molar-refractivity contribution is 5.68. The van der Waals surface area contributed by atoms with E-state index in [9.17, 15) is 9.90 Å². The first-order valence-corrected chi connectivity index (χ1v) is 6.49. The van der Waals surface area contributed by atoms with Gasteiger partial charge in [0, 0.05) is 12.6 Å². The lowest BCUT2D eigenvalue weighted by Gasteiger charge is -2.30. The molecule has 0 radical (unpaired) electrons. The molecule has 1 saturated heterocycles. The van der Waals surface area contributed by atoms with E-state index < -0.39 is 11.7 Å². The molecule has 0 bridgehead atoms. The lowest BCUT2D eigenvalue weighted by molar-refractivity contribution is 0.0269. The summed E-state index contributed by atoms with van der Waals surface area (Å²) in [6.45, 7) is 10.5. The molecule has 1 fully saturated rings. The summed E-state index contributed by atoms with van der Waals surface area (Å²) in [5, 5.41) is 10.0. The molecular formula is C13H26N2O3. The predicted octanol–water partition coefficient (Wildman–Crippen LogP) is 1.31. The van der Waals surface area contributed by atoms with Crippen molar-refractivity contribution < 1.29 is 14.6 Å². The minimum Gasteiger partial charge on any atom is -0.444 e. The Morgan fingerprint density at radius 1 is 1.39 bits per heavy atom. The van der Waals surface area contributed by atoms with Crippen molar-refractivity contribution in [3.05, 3.63) is 0 Å². The molecule has 106 valence electrons. The van der Waals surface area contributed by atoms with E-state index in [4.69, 9.17) is 4.74 Å². The summed E-state index contributed by atoms with van der Waals surface area (Å²) < 4.78 is 5.32. The average Bonchev–Trinajstić information content (AvgIpc) is 2.56. The van der Waals surface area contributed by atoms with Gasteiger partial charge in [-0.05, 0) is 41.7 Å². The Morgan fingerprint density at radius 2 is 1.94 bits per heavy atom. The molecule has 0 aliphatic carbocycles. The minimum absolute atomic E-state index is 0.0162. The van der Waals surface area contributed by atoms with Crippen LogP contribution >= 0.6 is 0 Å². The smallest absolute Gasteiger partial charge is 0.410 e. The largest absolute Gasteiger partial charge is 0.444 e. The zero-order valence-corrected chi connectivity index (χ0v) is 12.3. The molecule has 0 aromatic carbocycles. The van der Waals surface area contributed by atoms with Crippen LogP contribution in [0.4, 0.5) is 4.79 Å². The van der Waals surface area contributed by atoms with Gasteiger partial charge in [-0.15, -0.1) is 0 Å². The van der Waals surface area contributed by atoms with Crippen LogP contribution in [0.1, 0.15) is 34.6 Å². The maximum atomic E-state index is 11.9. The van der Waals surface area contributed by atoms with Gasteiger partial charge in [0.2, 0.25) is 0 Å². The van der Waals surface area contributed by atoms with Crippen molar-refractivity contribution in [3.8, 4) is 0 Å². The first-order valence-electron chi connectivity index (χ1n) is 6.49. The maximum absolute atomic E-state index is 11.9. The van der Waals surface area contributed by atoms with E-state index in [0.29, 0.717) is 19.1 Å². The van der Waals surface area contributed by atoms with Crippen molar-refractivity contribution in [2.24, 2.45) is 0 Å². The first-order chi connectivity index (χ1) is 8.11. The van der Waals surface area contributed by atoms with Crippen molar-refractivity contribution in [2.75, 3.05) is 20.1 Å². The van der Waals surface area contributed by atoms with Crippen molar-refractivity contribution in [2.45, 2.75) is 58.4 Å². The van der Waals surface area contributed by atoms with E-state index in [1.807, 2.05) is 27.8 Å². The van der Waals surface area contributed by atoms with Gasteiger partial charge in [0.15, 0.2) is 0 Å². The van der Waals surface area contributed by atoms with Crippen molar-refractivity contribution in [3.63, 3.8) is 0 Å². The fourth-order valence-electron chi connectivity index (χ4n) is 2.03. The van der Waals surface area contributed by atoms with E-state index in [2.05, 4.69) is 18.7 Å². The predicted molar refractivity (Wildman–Crippen MR) is 70.5 cm³/mol. The Hall–Kier alpha value is -0.810. The van der Waals surface area contributed by atoms with Gasteiger partial charge in [0.1, 0.15) is 5.60 Å². The second kappa shape index (κ2) is 5.45. The van der Waals surface area contributed by atoms with Gasteiger partial charge in [-0.1, -0.05) is 0 Å². The standard InChI is InChI=1S/C13H26N2O3/c1-9(2)14(6)10-7-15(8-11(10)16)12(17)18-13(3,4)5/h9-11,16H,7-8H2,1-6H3. The number of likely N-dealkylation sites (N-methyl/N-ethyl adjacent to an activating group) is 1. The van der Waals surface area contributed by atoms with Crippen molar-refractivity contribution >= 4 is 6.09 Å². The van der Waals surface area contributed by atoms with Gasteiger partial charge in [-0.25, -0.2) is 4.79 Å². The highest BCUT2D eigenvalue weighted by Gasteiger charge is 2.38. The topological polar surface area (TPSA) is 53.0 Å². The monoisotopic (exact) mass is 258 g/mol. The van der Waals surface area contributed by atoms with Gasteiger partial charge < -0.3 is 14.7 Å². The molecule has 1 aliphatic heterocycles. The molecule has 5 heteroatoms. The normalized spacial score (nSPS) is 25.1. The van der Waals surface area contributed by atoms with E-state index in [-0.39, 0.29) is 12.1 Å². The molecule has 0 spiro atoms. The molecule has 1 N–H and O–H groups in total. The van der Waals surface area contributed by atoms with Crippen LogP contribution in [0.2, 0.25) is 0 Å². The summed E-state index contributed by atoms with van der Waals surface area (Å²) in [5.74, 6) is 0. The second-order valence-corrected chi connectivity index (χ2v) is 6.28. The fourth-order valence-corrected chi connectivity index (χ4v) is 2.03. The molecule has 2 atom stereocenters. The molecule has 5 nitrogen and oxygen atoms in total. The molecular weight excluding hydrogens is 232 g/mol. The summed E-state index contributed by atoms with van der Waals surface area (Å²) in [7, 11) is 1.97. The third kappa shape index (κ3) is 3.85. The SMILES string of the molecule is CC(C)N(C)C1CN(C(=O)OC(C)(C)C)CC1O. The Balaban J connectivity index is 2.61. The van der Waals surface area contributed by atoms with Gasteiger partial charge in [-0.3, -0.25) is 4.90 Å². The number of carbonyl (C=O) groups is 1. The maximum Gasteiger partial charge on any atom is 0.410 e. The Morgan fingerprint density at radius 3 is 2.39 bits per heavy atom. The molecule has 1 heterocycles. The number of likely N-dealkylation sites (tertiary alicyclic amines) is 1. The Labute approximate surface area is 110 Å². The zero-order valence-electron chi connectivity index (χ0n) is 12.3. The van der Waals surface area contributed by atoms with E-state index in [1.54, 1.807) is 4.90 Å². The summed E-state index contributed by atoms with van der Waals surface area (Å²) in [5.41, 5.74) is -0.496. The first kappa shape index (κ1) is 15.2. The van der Waals surface area contributed by atoms with Crippen LogP contribution in [0.25, 0.3) is 0 Å². The number of aliphatic hydroxyl groups is 1. The van der Waals surface area contributed by atoms with Crippen LogP contribution in [0.15, 0.2) is 0 Å². The number of aliphatic hydroxyl groups excluding tert-OH is 1. The quantitative estimate of drug-likeness (QED) is 0.811. The molecule has 1 amide bonds. The number of carbonyl (C=O) groups excluding carboxylic acids is 1. The molecule has 0 aromatic rings. The third-order valence-corrected chi connectivity index (χ3v) is 3.25. The molecule has 2 unspecified atom stereocenters.